The Morgan fingerprint density at radius 1 is 1.28 bits per heavy atom. The molecule has 1 aromatic heterocycles. The van der Waals surface area contributed by atoms with Gasteiger partial charge in [-0.3, -0.25) is 4.79 Å². The average Bonchev–Trinajstić information content (AvgIpc) is 2.64. The highest BCUT2D eigenvalue weighted by molar-refractivity contribution is 5.76. The smallest absolute Gasteiger partial charge is 0.223 e. The van der Waals surface area contributed by atoms with Gasteiger partial charge in [0.15, 0.2) is 11.6 Å². The van der Waals surface area contributed by atoms with Crippen LogP contribution in [0.2, 0.25) is 0 Å². The molecule has 1 amide bonds. The Labute approximate surface area is 146 Å². The lowest BCUT2D eigenvalue weighted by atomic mass is 10.1. The summed E-state index contributed by atoms with van der Waals surface area (Å²) in [4.78, 5) is 18.7. The van der Waals surface area contributed by atoms with Crippen molar-refractivity contribution >= 4 is 11.7 Å². The number of hydrogen-bond acceptors (Lipinski definition) is 4. The van der Waals surface area contributed by atoms with Crippen LogP contribution in [0.4, 0.5) is 10.2 Å². The van der Waals surface area contributed by atoms with Crippen LogP contribution in [0, 0.1) is 5.82 Å². The Kier molecular flexibility index (Phi) is 5.82. The third-order valence-electron chi connectivity index (χ3n) is 4.18. The number of ether oxygens (including phenoxy) is 1. The molecule has 1 aliphatic rings. The van der Waals surface area contributed by atoms with Crippen LogP contribution < -0.4 is 15.0 Å². The molecular weight excluding hydrogens is 321 g/mol. The Hall–Kier alpha value is -2.63. The molecule has 1 fully saturated rings. The fourth-order valence-electron chi connectivity index (χ4n) is 2.96. The summed E-state index contributed by atoms with van der Waals surface area (Å²) in [5, 5.41) is 3.04. The van der Waals surface area contributed by atoms with Gasteiger partial charge in [0.05, 0.1) is 13.0 Å². The van der Waals surface area contributed by atoms with Gasteiger partial charge in [0.25, 0.3) is 0 Å². The number of rotatable bonds is 6. The lowest BCUT2D eigenvalue weighted by Crippen LogP contribution is -2.48. The zero-order valence-electron chi connectivity index (χ0n) is 14.0. The maximum Gasteiger partial charge on any atom is 0.223 e. The van der Waals surface area contributed by atoms with E-state index in [9.17, 15) is 9.18 Å². The number of nitrogens with one attached hydrogen (secondary N) is 1. The molecule has 2 aromatic rings. The molecule has 5 nitrogen and oxygen atoms in total. The number of halogens is 1. The second kappa shape index (κ2) is 8.46. The first-order valence-electron chi connectivity index (χ1n) is 8.55. The van der Waals surface area contributed by atoms with E-state index < -0.39 is 5.82 Å². The largest absolute Gasteiger partial charge is 0.490 e. The number of aromatic nitrogens is 1. The molecule has 0 saturated carbocycles. The Morgan fingerprint density at radius 3 is 2.92 bits per heavy atom. The summed E-state index contributed by atoms with van der Waals surface area (Å²) in [7, 11) is 0. The zero-order chi connectivity index (χ0) is 17.5. The van der Waals surface area contributed by atoms with E-state index in [1.54, 1.807) is 24.4 Å². The summed E-state index contributed by atoms with van der Waals surface area (Å²) < 4.78 is 18.8. The molecule has 0 unspecified atom stereocenters. The highest BCUT2D eigenvalue weighted by atomic mass is 19.1. The number of pyridine rings is 1. The molecular formula is C19H22FN3O2. The average molecular weight is 343 g/mol. The Balaban J connectivity index is 1.44. The van der Waals surface area contributed by atoms with Gasteiger partial charge in [-0.1, -0.05) is 18.2 Å². The van der Waals surface area contributed by atoms with Gasteiger partial charge >= 0.3 is 0 Å². The number of carbonyl (C=O) groups excluding carboxylic acids is 1. The van der Waals surface area contributed by atoms with E-state index in [0.29, 0.717) is 0 Å². The van der Waals surface area contributed by atoms with Crippen LogP contribution >= 0.6 is 0 Å². The third-order valence-corrected chi connectivity index (χ3v) is 4.18. The summed E-state index contributed by atoms with van der Waals surface area (Å²) in [6, 6.07) is 12.1. The number of anilines is 1. The van der Waals surface area contributed by atoms with Crippen molar-refractivity contribution in [1.82, 2.24) is 10.3 Å². The molecule has 1 saturated heterocycles. The molecule has 25 heavy (non-hydrogen) atoms. The molecule has 6 heteroatoms. The first-order valence-corrected chi connectivity index (χ1v) is 8.55. The van der Waals surface area contributed by atoms with E-state index in [0.717, 1.165) is 31.7 Å². The number of hydrogen-bond donors (Lipinski definition) is 1. The molecule has 0 bridgehead atoms. The molecule has 1 atom stereocenters. The van der Waals surface area contributed by atoms with Gasteiger partial charge in [-0.05, 0) is 37.1 Å². The minimum absolute atomic E-state index is 0.0794. The van der Waals surface area contributed by atoms with Crippen molar-refractivity contribution < 1.29 is 13.9 Å². The zero-order valence-corrected chi connectivity index (χ0v) is 14.0. The highest BCUT2D eigenvalue weighted by Crippen LogP contribution is 2.18. The predicted octanol–water partition coefficient (Wildman–Crippen LogP) is 2.77. The SMILES string of the molecule is O=C(CCOc1ccccc1F)N[C@@H]1CCCN(c2ccccn2)C1. The molecule has 1 aliphatic heterocycles. The van der Waals surface area contributed by atoms with Crippen LogP contribution in [0.5, 0.6) is 5.75 Å². The van der Waals surface area contributed by atoms with Crippen LogP contribution in [0.15, 0.2) is 48.7 Å². The van der Waals surface area contributed by atoms with Crippen molar-refractivity contribution in [2.24, 2.45) is 0 Å². The number of para-hydroxylation sites is 1. The van der Waals surface area contributed by atoms with Gasteiger partial charge in [0.2, 0.25) is 5.91 Å². The number of nitrogens with zero attached hydrogens (tertiary/aromatic N) is 2. The maximum absolute atomic E-state index is 13.5. The van der Waals surface area contributed by atoms with E-state index in [2.05, 4.69) is 15.2 Å². The predicted molar refractivity (Wildman–Crippen MR) is 94.1 cm³/mol. The van der Waals surface area contributed by atoms with Crippen molar-refractivity contribution in [2.75, 3.05) is 24.6 Å². The summed E-state index contributed by atoms with van der Waals surface area (Å²) in [5.74, 6) is 0.615. The van der Waals surface area contributed by atoms with Gasteiger partial charge in [0.1, 0.15) is 5.82 Å². The number of amides is 1. The Bertz CT molecular complexity index is 696. The van der Waals surface area contributed by atoms with Crippen molar-refractivity contribution in [3.8, 4) is 5.75 Å². The molecule has 0 radical (unpaired) electrons. The topological polar surface area (TPSA) is 54.5 Å². The van der Waals surface area contributed by atoms with Crippen molar-refractivity contribution in [1.29, 1.82) is 0 Å². The van der Waals surface area contributed by atoms with E-state index in [-0.39, 0.29) is 30.7 Å². The van der Waals surface area contributed by atoms with E-state index in [4.69, 9.17) is 4.74 Å². The lowest BCUT2D eigenvalue weighted by Gasteiger charge is -2.34. The quantitative estimate of drug-likeness (QED) is 0.876. The molecule has 0 aliphatic carbocycles. The second-order valence-electron chi connectivity index (χ2n) is 6.07. The number of piperidine rings is 1. The maximum atomic E-state index is 13.5. The van der Waals surface area contributed by atoms with Crippen LogP contribution in [0.1, 0.15) is 19.3 Å². The van der Waals surface area contributed by atoms with E-state index in [1.807, 2.05) is 18.2 Å². The van der Waals surface area contributed by atoms with Crippen molar-refractivity contribution in [2.45, 2.75) is 25.3 Å². The van der Waals surface area contributed by atoms with E-state index >= 15 is 0 Å². The molecule has 0 spiro atoms. The first kappa shape index (κ1) is 17.2. The van der Waals surface area contributed by atoms with E-state index in [1.165, 1.54) is 6.07 Å². The van der Waals surface area contributed by atoms with Crippen LogP contribution in [0.25, 0.3) is 0 Å². The standard InChI is InChI=1S/C19H22FN3O2/c20-16-7-1-2-8-17(16)25-13-10-19(24)22-15-6-5-12-23(14-15)18-9-3-4-11-21-18/h1-4,7-9,11,15H,5-6,10,12-14H2,(H,22,24)/t15-/m1/s1. The van der Waals surface area contributed by atoms with Crippen LogP contribution in [-0.2, 0) is 4.79 Å². The summed E-state index contributed by atoms with van der Waals surface area (Å²) in [5.41, 5.74) is 0. The summed E-state index contributed by atoms with van der Waals surface area (Å²) in [6.45, 7) is 1.85. The first-order chi connectivity index (χ1) is 12.2. The van der Waals surface area contributed by atoms with Crippen molar-refractivity contribution in [3.63, 3.8) is 0 Å². The number of benzene rings is 1. The second-order valence-corrected chi connectivity index (χ2v) is 6.07. The minimum atomic E-state index is -0.416. The summed E-state index contributed by atoms with van der Waals surface area (Å²) >= 11 is 0. The molecule has 3 rings (SSSR count). The van der Waals surface area contributed by atoms with Gasteiger partial charge in [-0.2, -0.15) is 0 Å². The fourth-order valence-corrected chi connectivity index (χ4v) is 2.96. The molecule has 1 aromatic carbocycles. The highest BCUT2D eigenvalue weighted by Gasteiger charge is 2.22. The minimum Gasteiger partial charge on any atom is -0.490 e. The molecule has 2 heterocycles. The number of carbonyl (C=O) groups is 1. The van der Waals surface area contributed by atoms with Crippen LogP contribution in [0.3, 0.4) is 0 Å². The molecule has 132 valence electrons. The van der Waals surface area contributed by atoms with Crippen molar-refractivity contribution in [3.05, 3.63) is 54.5 Å². The monoisotopic (exact) mass is 343 g/mol. The fraction of sp³-hybridized carbons (Fsp3) is 0.368. The van der Waals surface area contributed by atoms with Crippen LogP contribution in [-0.4, -0.2) is 36.6 Å². The third kappa shape index (κ3) is 4.92. The molecule has 1 N–H and O–H groups in total. The van der Waals surface area contributed by atoms with Gasteiger partial charge in [-0.15, -0.1) is 0 Å². The Morgan fingerprint density at radius 2 is 2.12 bits per heavy atom. The summed E-state index contributed by atoms with van der Waals surface area (Å²) in [6.07, 6.45) is 3.93. The van der Waals surface area contributed by atoms with Gasteiger partial charge in [-0.25, -0.2) is 9.37 Å². The normalized spacial score (nSPS) is 17.2. The van der Waals surface area contributed by atoms with Gasteiger partial charge < -0.3 is 15.0 Å². The van der Waals surface area contributed by atoms with Gasteiger partial charge in [0, 0.05) is 25.3 Å². The lowest BCUT2D eigenvalue weighted by molar-refractivity contribution is -0.122.